The first-order valence-electron chi connectivity index (χ1n) is 7.03. The Labute approximate surface area is 115 Å². The van der Waals surface area contributed by atoms with Crippen LogP contribution in [0.25, 0.3) is 0 Å². The molecule has 0 aromatic rings. The van der Waals surface area contributed by atoms with Gasteiger partial charge in [0.25, 0.3) is 0 Å². The van der Waals surface area contributed by atoms with E-state index in [1.165, 1.54) is 0 Å². The lowest BCUT2D eigenvalue weighted by molar-refractivity contribution is -0.143. The zero-order valence-corrected chi connectivity index (χ0v) is 12.5. The lowest BCUT2D eigenvalue weighted by atomic mass is 9.93. The van der Waals surface area contributed by atoms with Gasteiger partial charge in [0, 0.05) is 6.42 Å². The molecule has 1 amide bonds. The number of carbonyl (C=O) groups excluding carboxylic acids is 1. The maximum atomic E-state index is 11.9. The summed E-state index contributed by atoms with van der Waals surface area (Å²) >= 11 is 0. The number of amides is 1. The van der Waals surface area contributed by atoms with E-state index < -0.39 is 12.0 Å². The molecular weight excluding hydrogens is 244 g/mol. The molecule has 112 valence electrons. The molecule has 0 rings (SSSR count). The summed E-state index contributed by atoms with van der Waals surface area (Å²) in [5.41, 5.74) is 5.65. The van der Waals surface area contributed by atoms with Gasteiger partial charge in [0.2, 0.25) is 5.91 Å². The molecule has 0 heterocycles. The van der Waals surface area contributed by atoms with Gasteiger partial charge in [0.15, 0.2) is 0 Å². The number of hydrogen-bond acceptors (Lipinski definition) is 3. The third kappa shape index (κ3) is 7.15. The van der Waals surface area contributed by atoms with E-state index in [1.807, 2.05) is 13.8 Å². The topological polar surface area (TPSA) is 92.4 Å². The van der Waals surface area contributed by atoms with Crippen LogP contribution in [0.3, 0.4) is 0 Å². The van der Waals surface area contributed by atoms with Gasteiger partial charge in [-0.1, -0.05) is 34.1 Å². The normalized spacial score (nSPS) is 15.9. The minimum absolute atomic E-state index is 0.0807. The fourth-order valence-electron chi connectivity index (χ4n) is 2.11. The van der Waals surface area contributed by atoms with E-state index in [4.69, 9.17) is 10.8 Å². The second-order valence-corrected chi connectivity index (χ2v) is 5.70. The Morgan fingerprint density at radius 2 is 1.84 bits per heavy atom. The minimum Gasteiger partial charge on any atom is -0.480 e. The molecule has 3 unspecified atom stereocenters. The van der Waals surface area contributed by atoms with Gasteiger partial charge in [-0.3, -0.25) is 4.79 Å². The molecule has 0 bridgehead atoms. The number of nitrogens with two attached hydrogens (primary N) is 1. The van der Waals surface area contributed by atoms with Crippen LogP contribution in [0, 0.1) is 17.8 Å². The third-order valence-electron chi connectivity index (χ3n) is 3.41. The zero-order chi connectivity index (χ0) is 15.0. The van der Waals surface area contributed by atoms with Crippen molar-refractivity contribution in [2.45, 2.75) is 53.0 Å². The lowest BCUT2D eigenvalue weighted by Crippen LogP contribution is -2.45. The number of aliphatic carboxylic acids is 1. The fraction of sp³-hybridized carbons (Fsp3) is 0.857. The molecule has 0 radical (unpaired) electrons. The summed E-state index contributed by atoms with van der Waals surface area (Å²) in [6.45, 7) is 8.36. The average molecular weight is 272 g/mol. The van der Waals surface area contributed by atoms with E-state index in [-0.39, 0.29) is 17.7 Å². The molecule has 0 saturated carbocycles. The molecular formula is C14H28N2O3. The largest absolute Gasteiger partial charge is 0.480 e. The van der Waals surface area contributed by atoms with Crippen LogP contribution < -0.4 is 11.1 Å². The van der Waals surface area contributed by atoms with Gasteiger partial charge in [-0.15, -0.1) is 0 Å². The second kappa shape index (κ2) is 8.91. The van der Waals surface area contributed by atoms with Gasteiger partial charge in [0.05, 0.1) is 0 Å². The zero-order valence-electron chi connectivity index (χ0n) is 12.5. The van der Waals surface area contributed by atoms with E-state index in [0.29, 0.717) is 25.3 Å². The molecule has 4 N–H and O–H groups in total. The van der Waals surface area contributed by atoms with Gasteiger partial charge in [-0.05, 0) is 30.7 Å². The van der Waals surface area contributed by atoms with Crippen LogP contribution in [0.1, 0.15) is 47.0 Å². The van der Waals surface area contributed by atoms with Crippen molar-refractivity contribution in [1.82, 2.24) is 5.32 Å². The number of carbonyl (C=O) groups is 2. The van der Waals surface area contributed by atoms with Gasteiger partial charge in [0.1, 0.15) is 6.04 Å². The quantitative estimate of drug-likeness (QED) is 0.594. The van der Waals surface area contributed by atoms with E-state index in [1.54, 1.807) is 0 Å². The van der Waals surface area contributed by atoms with Gasteiger partial charge in [-0.2, -0.15) is 0 Å². The Bertz CT molecular complexity index is 292. The summed E-state index contributed by atoms with van der Waals surface area (Å²) in [4.78, 5) is 23.0. The Kier molecular flexibility index (Phi) is 8.39. The second-order valence-electron chi connectivity index (χ2n) is 5.70. The Balaban J connectivity index is 4.44. The predicted molar refractivity (Wildman–Crippen MR) is 75.6 cm³/mol. The maximum Gasteiger partial charge on any atom is 0.326 e. The van der Waals surface area contributed by atoms with E-state index in [0.717, 1.165) is 6.42 Å². The molecule has 5 nitrogen and oxygen atoms in total. The molecule has 0 spiro atoms. The fourth-order valence-corrected chi connectivity index (χ4v) is 2.11. The van der Waals surface area contributed by atoms with Crippen LogP contribution in [0.2, 0.25) is 0 Å². The van der Waals surface area contributed by atoms with Crippen LogP contribution >= 0.6 is 0 Å². The molecule has 0 aliphatic rings. The summed E-state index contributed by atoms with van der Waals surface area (Å²) in [6.07, 6.45) is 1.89. The maximum absolute atomic E-state index is 11.9. The van der Waals surface area contributed by atoms with E-state index in [2.05, 4.69) is 19.2 Å². The highest BCUT2D eigenvalue weighted by Crippen LogP contribution is 2.15. The van der Waals surface area contributed by atoms with Gasteiger partial charge in [-0.25, -0.2) is 4.79 Å². The van der Waals surface area contributed by atoms with Crippen molar-refractivity contribution in [3.63, 3.8) is 0 Å². The van der Waals surface area contributed by atoms with Crippen LogP contribution in [0.15, 0.2) is 0 Å². The monoisotopic (exact) mass is 272 g/mol. The van der Waals surface area contributed by atoms with Crippen LogP contribution in [0.5, 0.6) is 0 Å². The van der Waals surface area contributed by atoms with Crippen LogP contribution in [-0.4, -0.2) is 29.6 Å². The van der Waals surface area contributed by atoms with Crippen molar-refractivity contribution in [2.75, 3.05) is 6.54 Å². The first-order chi connectivity index (χ1) is 8.81. The molecule has 0 aliphatic heterocycles. The van der Waals surface area contributed by atoms with Crippen molar-refractivity contribution < 1.29 is 14.7 Å². The number of carboxylic acid groups (broad SMARTS) is 1. The highest BCUT2D eigenvalue weighted by atomic mass is 16.4. The highest BCUT2D eigenvalue weighted by molar-refractivity contribution is 5.83. The van der Waals surface area contributed by atoms with Crippen molar-refractivity contribution >= 4 is 11.9 Å². The summed E-state index contributed by atoms with van der Waals surface area (Å²) in [7, 11) is 0. The SMILES string of the molecule is CCC(C)C(NC(=O)CC(CN)CC(C)C)C(=O)O. The third-order valence-corrected chi connectivity index (χ3v) is 3.41. The predicted octanol–water partition coefficient (Wildman–Crippen LogP) is 1.61. The highest BCUT2D eigenvalue weighted by Gasteiger charge is 2.26. The molecule has 0 saturated heterocycles. The number of carboxylic acids is 1. The molecule has 0 aromatic carbocycles. The number of nitrogens with one attached hydrogen (secondary N) is 1. The van der Waals surface area contributed by atoms with Gasteiger partial charge >= 0.3 is 5.97 Å². The summed E-state index contributed by atoms with van der Waals surface area (Å²) in [5.74, 6) is -0.680. The summed E-state index contributed by atoms with van der Waals surface area (Å²) in [5, 5.41) is 11.7. The number of hydrogen-bond donors (Lipinski definition) is 3. The molecule has 19 heavy (non-hydrogen) atoms. The molecule has 0 fully saturated rings. The molecule has 0 aromatic heterocycles. The lowest BCUT2D eigenvalue weighted by Gasteiger charge is -2.22. The first-order valence-corrected chi connectivity index (χ1v) is 7.03. The summed E-state index contributed by atoms with van der Waals surface area (Å²) in [6, 6.07) is -0.810. The minimum atomic E-state index is -0.976. The van der Waals surface area contributed by atoms with Crippen molar-refractivity contribution in [2.24, 2.45) is 23.5 Å². The Hall–Kier alpha value is -1.10. The van der Waals surface area contributed by atoms with Crippen molar-refractivity contribution in [3.8, 4) is 0 Å². The molecule has 3 atom stereocenters. The molecule has 5 heteroatoms. The van der Waals surface area contributed by atoms with E-state index >= 15 is 0 Å². The van der Waals surface area contributed by atoms with Crippen LogP contribution in [-0.2, 0) is 9.59 Å². The smallest absolute Gasteiger partial charge is 0.326 e. The Morgan fingerprint density at radius 1 is 1.26 bits per heavy atom. The standard InChI is InChI=1S/C14H28N2O3/c1-5-10(4)13(14(18)19)16-12(17)7-11(8-15)6-9(2)3/h9-11,13H,5-8,15H2,1-4H3,(H,16,17)(H,18,19). The first kappa shape index (κ1) is 17.9. The Morgan fingerprint density at radius 3 is 2.21 bits per heavy atom. The van der Waals surface area contributed by atoms with Crippen molar-refractivity contribution in [3.05, 3.63) is 0 Å². The van der Waals surface area contributed by atoms with Crippen molar-refractivity contribution in [1.29, 1.82) is 0 Å². The number of rotatable bonds is 9. The molecule has 0 aliphatic carbocycles. The summed E-state index contributed by atoms with van der Waals surface area (Å²) < 4.78 is 0. The average Bonchev–Trinajstić information content (AvgIpc) is 2.33. The van der Waals surface area contributed by atoms with E-state index in [9.17, 15) is 9.59 Å². The van der Waals surface area contributed by atoms with Crippen LogP contribution in [0.4, 0.5) is 0 Å². The van der Waals surface area contributed by atoms with Gasteiger partial charge < -0.3 is 16.2 Å².